The average Bonchev–Trinajstić information content (AvgIpc) is 3.40. The third-order valence-corrected chi connectivity index (χ3v) is 9.38. The van der Waals surface area contributed by atoms with Crippen LogP contribution in [0.2, 0.25) is 5.54 Å². The molecule has 3 unspecified atom stereocenters. The van der Waals surface area contributed by atoms with E-state index in [9.17, 15) is 0 Å². The second-order valence-electron chi connectivity index (χ2n) is 8.13. The summed E-state index contributed by atoms with van der Waals surface area (Å²) in [6.45, 7) is 0. The van der Waals surface area contributed by atoms with E-state index >= 15 is 0 Å². The molecule has 0 radical (unpaired) electrons. The summed E-state index contributed by atoms with van der Waals surface area (Å²) < 4.78 is 20.2. The predicted molar refractivity (Wildman–Crippen MR) is 116 cm³/mol. The summed E-state index contributed by atoms with van der Waals surface area (Å²) in [6.07, 6.45) is 4.98. The minimum absolute atomic E-state index is 0.307. The quantitative estimate of drug-likeness (QED) is 0.431. The molecule has 2 fully saturated rings. The fraction of sp³-hybridized carbons (Fsp3) is 0.280. The van der Waals surface area contributed by atoms with Crippen LogP contribution < -0.4 is 13.3 Å². The summed E-state index contributed by atoms with van der Waals surface area (Å²) in [4.78, 5) is 0. The summed E-state index contributed by atoms with van der Waals surface area (Å²) in [5.74, 6) is 3.83. The topological polar surface area (TPSA) is 27.7 Å². The molecule has 0 heterocycles. The fourth-order valence-electron chi connectivity index (χ4n) is 4.93. The standard InChI is InChI=1S/C25H26O3Si/c1-4-10-22(11-5-1)26-29(27-23-12-6-2-7-13-23,28-24-14-8-3-9-15-24)25-19-20-16-17-21(25)18-20/h1-15,20-21,25H,16-19H2. The van der Waals surface area contributed by atoms with E-state index in [2.05, 4.69) is 0 Å². The van der Waals surface area contributed by atoms with Gasteiger partial charge in [0, 0.05) is 0 Å². The molecule has 3 aromatic rings. The number of benzene rings is 3. The minimum atomic E-state index is -3.14. The first kappa shape index (κ1) is 18.3. The number of rotatable bonds is 7. The molecule has 2 bridgehead atoms. The van der Waals surface area contributed by atoms with Crippen molar-refractivity contribution < 1.29 is 13.3 Å². The second kappa shape index (κ2) is 7.95. The number of hydrogen-bond acceptors (Lipinski definition) is 3. The molecule has 3 aromatic carbocycles. The molecule has 2 aliphatic carbocycles. The van der Waals surface area contributed by atoms with Gasteiger partial charge in [0.1, 0.15) is 17.2 Å². The lowest BCUT2D eigenvalue weighted by Gasteiger charge is -2.37. The molecule has 2 saturated carbocycles. The van der Waals surface area contributed by atoms with Gasteiger partial charge < -0.3 is 13.3 Å². The van der Waals surface area contributed by atoms with Gasteiger partial charge >= 0.3 is 8.80 Å². The second-order valence-corrected chi connectivity index (χ2v) is 10.7. The molecule has 0 spiro atoms. The number of para-hydroxylation sites is 3. The molecule has 148 valence electrons. The van der Waals surface area contributed by atoms with Gasteiger partial charge in [0.15, 0.2) is 0 Å². The van der Waals surface area contributed by atoms with Crippen LogP contribution in [0.1, 0.15) is 25.7 Å². The highest BCUT2D eigenvalue weighted by molar-refractivity contribution is 6.65. The maximum atomic E-state index is 6.74. The highest BCUT2D eigenvalue weighted by Crippen LogP contribution is 2.56. The van der Waals surface area contributed by atoms with E-state index in [0.29, 0.717) is 11.5 Å². The fourth-order valence-corrected chi connectivity index (χ4v) is 8.40. The summed E-state index contributed by atoms with van der Waals surface area (Å²) >= 11 is 0. The lowest BCUT2D eigenvalue weighted by molar-refractivity contribution is 0.222. The SMILES string of the molecule is c1ccc(O[Si](Oc2ccccc2)(Oc2ccccc2)C2CC3CCC2C3)cc1. The van der Waals surface area contributed by atoms with E-state index in [1.54, 1.807) is 0 Å². The predicted octanol–water partition coefficient (Wildman–Crippen LogP) is 6.35. The van der Waals surface area contributed by atoms with Crippen molar-refractivity contribution in [2.24, 2.45) is 11.8 Å². The monoisotopic (exact) mass is 402 g/mol. The molecule has 3 nitrogen and oxygen atoms in total. The van der Waals surface area contributed by atoms with Crippen molar-refractivity contribution in [3.63, 3.8) is 0 Å². The molecule has 0 aliphatic heterocycles. The Balaban J connectivity index is 1.57. The van der Waals surface area contributed by atoms with E-state index in [0.717, 1.165) is 29.6 Å². The maximum absolute atomic E-state index is 6.74. The first-order chi connectivity index (χ1) is 14.3. The molecule has 5 rings (SSSR count). The average molecular weight is 403 g/mol. The van der Waals surface area contributed by atoms with E-state index in [1.807, 2.05) is 91.0 Å². The van der Waals surface area contributed by atoms with Crippen molar-refractivity contribution in [2.45, 2.75) is 31.2 Å². The van der Waals surface area contributed by atoms with Crippen LogP contribution in [0, 0.1) is 11.8 Å². The zero-order valence-corrected chi connectivity index (χ0v) is 17.4. The van der Waals surface area contributed by atoms with Gasteiger partial charge in [-0.3, -0.25) is 0 Å². The van der Waals surface area contributed by atoms with Crippen molar-refractivity contribution in [3.05, 3.63) is 91.0 Å². The van der Waals surface area contributed by atoms with Gasteiger partial charge in [0.05, 0.1) is 5.54 Å². The molecule has 4 heteroatoms. The van der Waals surface area contributed by atoms with Crippen LogP contribution in [0.25, 0.3) is 0 Å². The number of fused-ring (bicyclic) bond motifs is 2. The van der Waals surface area contributed by atoms with E-state index in [4.69, 9.17) is 13.3 Å². The molecular formula is C25H26O3Si. The molecule has 29 heavy (non-hydrogen) atoms. The van der Waals surface area contributed by atoms with Crippen LogP contribution in [0.15, 0.2) is 91.0 Å². The summed E-state index contributed by atoms with van der Waals surface area (Å²) in [5, 5.41) is 0. The first-order valence-corrected chi connectivity index (χ1v) is 12.3. The van der Waals surface area contributed by atoms with E-state index in [-0.39, 0.29) is 0 Å². The lowest BCUT2D eigenvalue weighted by Crippen LogP contribution is -2.59. The van der Waals surface area contributed by atoms with Gasteiger partial charge in [0.25, 0.3) is 0 Å². The van der Waals surface area contributed by atoms with Crippen LogP contribution in [-0.2, 0) is 0 Å². The molecule has 3 atom stereocenters. The third-order valence-electron chi connectivity index (χ3n) is 6.20. The van der Waals surface area contributed by atoms with Crippen LogP contribution >= 0.6 is 0 Å². The van der Waals surface area contributed by atoms with Crippen molar-refractivity contribution in [2.75, 3.05) is 0 Å². The molecule has 0 amide bonds. The van der Waals surface area contributed by atoms with Gasteiger partial charge in [-0.2, -0.15) is 0 Å². The van der Waals surface area contributed by atoms with Crippen molar-refractivity contribution in [3.8, 4) is 17.2 Å². The maximum Gasteiger partial charge on any atom is 0.702 e. The summed E-state index contributed by atoms with van der Waals surface area (Å²) in [7, 11) is -3.14. The van der Waals surface area contributed by atoms with Gasteiger partial charge in [-0.05, 0) is 67.5 Å². The van der Waals surface area contributed by atoms with Crippen LogP contribution in [0.3, 0.4) is 0 Å². The van der Waals surface area contributed by atoms with Crippen molar-refractivity contribution >= 4 is 8.80 Å². The Morgan fingerprint density at radius 1 is 0.552 bits per heavy atom. The van der Waals surface area contributed by atoms with Crippen LogP contribution in [-0.4, -0.2) is 8.80 Å². The molecule has 0 saturated heterocycles. The van der Waals surface area contributed by atoms with Crippen molar-refractivity contribution in [1.29, 1.82) is 0 Å². The van der Waals surface area contributed by atoms with Crippen LogP contribution in [0.5, 0.6) is 17.2 Å². The van der Waals surface area contributed by atoms with Gasteiger partial charge in [-0.15, -0.1) is 0 Å². The Hall–Kier alpha value is -2.72. The normalized spacial score (nSPS) is 23.0. The van der Waals surface area contributed by atoms with Crippen LogP contribution in [0.4, 0.5) is 0 Å². The Bertz CT molecular complexity index is 815. The zero-order chi connectivity index (χ0) is 19.5. The Morgan fingerprint density at radius 2 is 1.00 bits per heavy atom. The Morgan fingerprint density at radius 3 is 1.34 bits per heavy atom. The van der Waals surface area contributed by atoms with E-state index < -0.39 is 8.80 Å². The smallest absolute Gasteiger partial charge is 0.483 e. The molecule has 0 N–H and O–H groups in total. The molecular weight excluding hydrogens is 376 g/mol. The Kier molecular flexibility index (Phi) is 5.02. The van der Waals surface area contributed by atoms with Gasteiger partial charge in [-0.1, -0.05) is 61.0 Å². The van der Waals surface area contributed by atoms with Gasteiger partial charge in [0.2, 0.25) is 0 Å². The summed E-state index contributed by atoms with van der Waals surface area (Å²) in [5.41, 5.74) is 0.307. The van der Waals surface area contributed by atoms with Gasteiger partial charge in [-0.25, -0.2) is 0 Å². The summed E-state index contributed by atoms with van der Waals surface area (Å²) in [6, 6.07) is 30.0. The minimum Gasteiger partial charge on any atom is -0.483 e. The first-order valence-electron chi connectivity index (χ1n) is 10.5. The number of hydrogen-bond donors (Lipinski definition) is 0. The third kappa shape index (κ3) is 3.90. The lowest BCUT2D eigenvalue weighted by atomic mass is 10.0. The molecule has 2 aliphatic rings. The zero-order valence-electron chi connectivity index (χ0n) is 16.4. The van der Waals surface area contributed by atoms with E-state index in [1.165, 1.54) is 19.3 Å². The van der Waals surface area contributed by atoms with Crippen molar-refractivity contribution in [1.82, 2.24) is 0 Å². The largest absolute Gasteiger partial charge is 0.702 e. The highest BCUT2D eigenvalue weighted by Gasteiger charge is 2.63. The Labute approximate surface area is 173 Å². The molecule has 0 aromatic heterocycles. The highest BCUT2D eigenvalue weighted by atomic mass is 28.4.